The van der Waals surface area contributed by atoms with Crippen LogP contribution in [0, 0.1) is 11.8 Å². The van der Waals surface area contributed by atoms with Crippen LogP contribution < -0.4 is 0 Å². The summed E-state index contributed by atoms with van der Waals surface area (Å²) in [5.41, 5.74) is 0. The molecule has 0 saturated carbocycles. The number of aliphatic carboxylic acids is 1. The third-order valence-electron chi connectivity index (χ3n) is 3.60. The van der Waals surface area contributed by atoms with E-state index in [1.165, 1.54) is 44.9 Å². The van der Waals surface area contributed by atoms with E-state index < -0.39 is 12.1 Å². The van der Waals surface area contributed by atoms with Crippen LogP contribution in [0.2, 0.25) is 0 Å². The molecule has 0 aromatic rings. The molecule has 0 bridgehead atoms. The summed E-state index contributed by atoms with van der Waals surface area (Å²) in [6.07, 6.45) is 13.3. The summed E-state index contributed by atoms with van der Waals surface area (Å²) in [5, 5.41) is 17.8. The SMILES string of the molecule is CCC(O)C#CCCCCCCCCCCCCC(=O)O. The summed E-state index contributed by atoms with van der Waals surface area (Å²) in [6, 6.07) is 0. The smallest absolute Gasteiger partial charge is 0.303 e. The second kappa shape index (κ2) is 15.4. The molecule has 0 aromatic heterocycles. The minimum atomic E-state index is -0.677. The molecule has 3 heteroatoms. The van der Waals surface area contributed by atoms with Crippen LogP contribution in [0.25, 0.3) is 0 Å². The van der Waals surface area contributed by atoms with E-state index in [4.69, 9.17) is 5.11 Å². The lowest BCUT2D eigenvalue weighted by atomic mass is 10.1. The van der Waals surface area contributed by atoms with Gasteiger partial charge in [-0.05, 0) is 19.3 Å². The molecule has 0 aliphatic heterocycles. The molecule has 1 atom stereocenters. The quantitative estimate of drug-likeness (QED) is 0.388. The molecule has 0 radical (unpaired) electrons. The maximum absolute atomic E-state index is 10.3. The average molecular weight is 296 g/mol. The van der Waals surface area contributed by atoms with Gasteiger partial charge in [-0.2, -0.15) is 0 Å². The number of hydrogen-bond acceptors (Lipinski definition) is 2. The third kappa shape index (κ3) is 16.9. The molecule has 3 nitrogen and oxygen atoms in total. The Balaban J connectivity index is 3.12. The first-order valence-electron chi connectivity index (χ1n) is 8.55. The largest absolute Gasteiger partial charge is 0.481 e. The first kappa shape index (κ1) is 20.0. The summed E-state index contributed by atoms with van der Waals surface area (Å²) >= 11 is 0. The molecule has 1 unspecified atom stereocenters. The molecule has 0 aliphatic rings. The molecule has 0 aliphatic carbocycles. The predicted octanol–water partition coefficient (Wildman–Crippen LogP) is 4.53. The van der Waals surface area contributed by atoms with Gasteiger partial charge >= 0.3 is 5.97 Å². The van der Waals surface area contributed by atoms with Crippen LogP contribution in [0.3, 0.4) is 0 Å². The highest BCUT2D eigenvalue weighted by Crippen LogP contribution is 2.11. The Labute approximate surface area is 130 Å². The fourth-order valence-corrected chi connectivity index (χ4v) is 2.20. The van der Waals surface area contributed by atoms with Crippen LogP contribution in [-0.4, -0.2) is 22.3 Å². The molecular weight excluding hydrogens is 264 g/mol. The number of hydrogen-bond donors (Lipinski definition) is 2. The number of unbranched alkanes of at least 4 members (excludes halogenated alkanes) is 10. The van der Waals surface area contributed by atoms with E-state index in [9.17, 15) is 9.90 Å². The highest BCUT2D eigenvalue weighted by molar-refractivity contribution is 5.66. The van der Waals surface area contributed by atoms with Crippen LogP contribution in [0.4, 0.5) is 0 Å². The van der Waals surface area contributed by atoms with Gasteiger partial charge in [-0.25, -0.2) is 0 Å². The van der Waals surface area contributed by atoms with Gasteiger partial charge in [0.15, 0.2) is 0 Å². The maximum Gasteiger partial charge on any atom is 0.303 e. The molecule has 2 N–H and O–H groups in total. The number of carboxylic acids is 1. The topological polar surface area (TPSA) is 57.5 Å². The Kier molecular flexibility index (Phi) is 14.6. The Bertz CT molecular complexity index is 301. The number of carboxylic acid groups (broad SMARTS) is 1. The van der Waals surface area contributed by atoms with Crippen molar-refractivity contribution in [1.82, 2.24) is 0 Å². The minimum absolute atomic E-state index is 0.318. The van der Waals surface area contributed by atoms with Gasteiger partial charge in [0.05, 0.1) is 0 Å². The van der Waals surface area contributed by atoms with Crippen molar-refractivity contribution in [2.45, 2.75) is 96.5 Å². The first-order chi connectivity index (χ1) is 10.2. The molecule has 0 spiro atoms. The molecule has 0 aromatic carbocycles. The highest BCUT2D eigenvalue weighted by Gasteiger charge is 1.96. The first-order valence-corrected chi connectivity index (χ1v) is 8.55. The summed E-state index contributed by atoms with van der Waals surface area (Å²) in [7, 11) is 0. The summed E-state index contributed by atoms with van der Waals surface area (Å²) < 4.78 is 0. The molecule has 0 saturated heterocycles. The molecule has 0 amide bonds. The van der Waals surface area contributed by atoms with Crippen molar-refractivity contribution in [3.63, 3.8) is 0 Å². The minimum Gasteiger partial charge on any atom is -0.481 e. The second-order valence-corrected chi connectivity index (χ2v) is 5.67. The predicted molar refractivity (Wildman–Crippen MR) is 87.1 cm³/mol. The number of rotatable bonds is 13. The van der Waals surface area contributed by atoms with Crippen molar-refractivity contribution in [2.75, 3.05) is 0 Å². The fraction of sp³-hybridized carbons (Fsp3) is 0.833. The lowest BCUT2D eigenvalue weighted by molar-refractivity contribution is -0.137. The van der Waals surface area contributed by atoms with Gasteiger partial charge in [0.1, 0.15) is 6.10 Å². The van der Waals surface area contributed by atoms with Crippen molar-refractivity contribution in [3.8, 4) is 11.8 Å². The van der Waals surface area contributed by atoms with E-state index in [0.717, 1.165) is 25.7 Å². The Morgan fingerprint density at radius 1 is 0.905 bits per heavy atom. The standard InChI is InChI=1S/C18H32O3/c1-2-17(19)15-13-11-9-7-5-3-4-6-8-10-12-14-16-18(20)21/h17,19H,2-12,14,16H2,1H3,(H,20,21). The van der Waals surface area contributed by atoms with Gasteiger partial charge in [-0.15, -0.1) is 5.92 Å². The third-order valence-corrected chi connectivity index (χ3v) is 3.60. The van der Waals surface area contributed by atoms with E-state index >= 15 is 0 Å². The van der Waals surface area contributed by atoms with Gasteiger partial charge in [-0.1, -0.05) is 64.2 Å². The molecule has 21 heavy (non-hydrogen) atoms. The normalized spacial score (nSPS) is 11.7. The van der Waals surface area contributed by atoms with Crippen LogP contribution in [-0.2, 0) is 4.79 Å². The van der Waals surface area contributed by atoms with Crippen molar-refractivity contribution < 1.29 is 15.0 Å². The summed E-state index contributed by atoms with van der Waals surface area (Å²) in [6.45, 7) is 1.94. The van der Waals surface area contributed by atoms with Crippen molar-refractivity contribution in [2.24, 2.45) is 0 Å². The zero-order chi connectivity index (χ0) is 15.8. The fourth-order valence-electron chi connectivity index (χ4n) is 2.20. The van der Waals surface area contributed by atoms with Crippen LogP contribution in [0.5, 0.6) is 0 Å². The van der Waals surface area contributed by atoms with Crippen LogP contribution >= 0.6 is 0 Å². The monoisotopic (exact) mass is 296 g/mol. The van der Waals surface area contributed by atoms with Gasteiger partial charge in [0.2, 0.25) is 0 Å². The number of carbonyl (C=O) groups is 1. The van der Waals surface area contributed by atoms with Crippen LogP contribution in [0.15, 0.2) is 0 Å². The summed E-state index contributed by atoms with van der Waals surface area (Å²) in [4.78, 5) is 10.3. The Hall–Kier alpha value is -1.01. The molecule has 122 valence electrons. The number of aliphatic hydroxyl groups is 1. The van der Waals surface area contributed by atoms with Crippen LogP contribution in [0.1, 0.15) is 90.4 Å². The number of aliphatic hydroxyl groups excluding tert-OH is 1. The van der Waals surface area contributed by atoms with Crippen molar-refractivity contribution >= 4 is 5.97 Å². The maximum atomic E-state index is 10.3. The van der Waals surface area contributed by atoms with Gasteiger partial charge < -0.3 is 10.2 Å². The molecule has 0 fully saturated rings. The Morgan fingerprint density at radius 2 is 1.38 bits per heavy atom. The van der Waals surface area contributed by atoms with E-state index in [2.05, 4.69) is 11.8 Å². The lowest BCUT2D eigenvalue weighted by Crippen LogP contribution is -1.98. The highest BCUT2D eigenvalue weighted by atomic mass is 16.4. The van der Waals surface area contributed by atoms with E-state index in [1.54, 1.807) is 0 Å². The van der Waals surface area contributed by atoms with E-state index in [0.29, 0.717) is 12.8 Å². The van der Waals surface area contributed by atoms with E-state index in [-0.39, 0.29) is 0 Å². The Morgan fingerprint density at radius 3 is 1.86 bits per heavy atom. The lowest BCUT2D eigenvalue weighted by Gasteiger charge is -2.01. The second-order valence-electron chi connectivity index (χ2n) is 5.67. The molecular formula is C18H32O3. The average Bonchev–Trinajstić information content (AvgIpc) is 2.46. The van der Waals surface area contributed by atoms with Crippen molar-refractivity contribution in [3.05, 3.63) is 0 Å². The van der Waals surface area contributed by atoms with Gasteiger partial charge in [-0.3, -0.25) is 4.79 Å². The molecule has 0 heterocycles. The summed E-state index contributed by atoms with van der Waals surface area (Å²) in [5.74, 6) is 5.20. The molecule has 0 rings (SSSR count). The van der Waals surface area contributed by atoms with Gasteiger partial charge in [0, 0.05) is 12.8 Å². The van der Waals surface area contributed by atoms with Gasteiger partial charge in [0.25, 0.3) is 0 Å². The van der Waals surface area contributed by atoms with Crippen molar-refractivity contribution in [1.29, 1.82) is 0 Å². The zero-order valence-electron chi connectivity index (χ0n) is 13.6. The van der Waals surface area contributed by atoms with E-state index in [1.807, 2.05) is 6.92 Å². The zero-order valence-corrected chi connectivity index (χ0v) is 13.6.